The third-order valence-corrected chi connectivity index (χ3v) is 6.14. The Morgan fingerprint density at radius 3 is 2.35 bits per heavy atom. The van der Waals surface area contributed by atoms with Crippen molar-refractivity contribution in [2.24, 2.45) is 0 Å². The van der Waals surface area contributed by atoms with Crippen LogP contribution in [0, 0.1) is 6.92 Å². The average molecular weight is 453 g/mol. The van der Waals surface area contributed by atoms with E-state index in [0.29, 0.717) is 22.5 Å². The summed E-state index contributed by atoms with van der Waals surface area (Å²) in [7, 11) is 3.32. The Hall–Kier alpha value is -4.39. The van der Waals surface area contributed by atoms with Gasteiger partial charge in [0.2, 0.25) is 5.91 Å². The number of fused-ring (bicyclic) bond motifs is 2. The summed E-state index contributed by atoms with van der Waals surface area (Å²) < 4.78 is 8.43. The summed E-state index contributed by atoms with van der Waals surface area (Å²) in [6.07, 6.45) is 0. The zero-order valence-corrected chi connectivity index (χ0v) is 19.2. The maximum absolute atomic E-state index is 13.7. The van der Waals surface area contributed by atoms with E-state index >= 15 is 0 Å². The number of pyridine rings is 1. The lowest BCUT2D eigenvalue weighted by molar-refractivity contribution is -0.119. The van der Waals surface area contributed by atoms with E-state index in [1.54, 1.807) is 40.6 Å². The van der Waals surface area contributed by atoms with Crippen molar-refractivity contribution in [1.29, 1.82) is 0 Å². The predicted octanol–water partition coefficient (Wildman–Crippen LogP) is 4.32. The second kappa shape index (κ2) is 8.51. The van der Waals surface area contributed by atoms with Gasteiger partial charge in [0.05, 0.1) is 23.7 Å². The summed E-state index contributed by atoms with van der Waals surface area (Å²) in [5.74, 6) is 0.532. The molecule has 0 unspecified atom stereocenters. The molecule has 34 heavy (non-hydrogen) atoms. The molecule has 0 atom stereocenters. The van der Waals surface area contributed by atoms with Gasteiger partial charge in [-0.3, -0.25) is 14.3 Å². The monoisotopic (exact) mass is 452 g/mol. The molecule has 2 aromatic heterocycles. The Balaban J connectivity index is 1.68. The van der Waals surface area contributed by atoms with Gasteiger partial charge in [-0.1, -0.05) is 36.4 Å². The van der Waals surface area contributed by atoms with Crippen molar-refractivity contribution in [3.8, 4) is 11.4 Å². The molecule has 3 aromatic carbocycles. The third-order valence-electron chi connectivity index (χ3n) is 6.14. The van der Waals surface area contributed by atoms with Gasteiger partial charge in [-0.05, 0) is 55.0 Å². The number of rotatable bonds is 5. The number of para-hydroxylation sites is 2. The number of carbonyl (C=O) groups excluding carboxylic acids is 1. The van der Waals surface area contributed by atoms with Gasteiger partial charge in [-0.15, -0.1) is 0 Å². The number of hydrogen-bond acceptors (Lipinski definition) is 4. The topological polar surface area (TPSA) is 69.4 Å². The fraction of sp³-hybridized carbons (Fsp3) is 0.148. The van der Waals surface area contributed by atoms with Crippen molar-refractivity contribution in [3.05, 3.63) is 94.8 Å². The molecule has 5 rings (SSSR count). The maximum atomic E-state index is 13.7. The maximum Gasteiger partial charge on any atom is 0.281 e. The number of hydrogen-bond donors (Lipinski definition) is 0. The Labute approximate surface area is 196 Å². The number of carbonyl (C=O) groups is 1. The number of methoxy groups -OCH3 is 1. The highest BCUT2D eigenvalue weighted by atomic mass is 16.5. The Morgan fingerprint density at radius 2 is 1.65 bits per heavy atom. The fourth-order valence-electron chi connectivity index (χ4n) is 4.27. The minimum Gasteiger partial charge on any atom is -0.497 e. The van der Waals surface area contributed by atoms with Crippen LogP contribution in [0.4, 0.5) is 5.69 Å². The molecule has 170 valence electrons. The highest BCUT2D eigenvalue weighted by molar-refractivity contribution is 5.97. The van der Waals surface area contributed by atoms with E-state index in [0.717, 1.165) is 22.2 Å². The van der Waals surface area contributed by atoms with Crippen molar-refractivity contribution < 1.29 is 9.53 Å². The van der Waals surface area contributed by atoms with Crippen LogP contribution in [0.5, 0.6) is 5.75 Å². The Morgan fingerprint density at radius 1 is 0.971 bits per heavy atom. The van der Waals surface area contributed by atoms with Crippen LogP contribution < -0.4 is 15.2 Å². The molecule has 5 aromatic rings. The molecule has 0 fully saturated rings. The summed E-state index contributed by atoms with van der Waals surface area (Å²) in [6, 6.07) is 24.3. The van der Waals surface area contributed by atoms with Gasteiger partial charge < -0.3 is 9.64 Å². The first-order chi connectivity index (χ1) is 16.5. The first-order valence-corrected chi connectivity index (χ1v) is 11.0. The highest BCUT2D eigenvalue weighted by Crippen LogP contribution is 2.25. The van der Waals surface area contributed by atoms with Gasteiger partial charge in [-0.2, -0.15) is 0 Å². The summed E-state index contributed by atoms with van der Waals surface area (Å²) in [5, 5.41) is 1.44. The molecule has 0 saturated carbocycles. The third kappa shape index (κ3) is 3.51. The van der Waals surface area contributed by atoms with Crippen molar-refractivity contribution in [2.45, 2.75) is 13.5 Å². The molecule has 1 amide bonds. The Bertz CT molecular complexity index is 1570. The van der Waals surface area contributed by atoms with Crippen LogP contribution in [0.3, 0.4) is 0 Å². The molecular formula is C27H24N4O3. The first-order valence-electron chi connectivity index (χ1n) is 11.0. The number of aryl methyl sites for hydroxylation is 1. The number of nitrogens with zero attached hydrogens (tertiary/aromatic N) is 4. The standard InChI is InChI=1S/C27H24N4O3/c1-18-22-11-7-8-12-23(22)28-26-25(18)27(33)31(20-9-5-4-6-10-20)30(26)17-24(32)29(2)19-13-15-21(34-3)16-14-19/h4-16H,17H2,1-3H3. The summed E-state index contributed by atoms with van der Waals surface area (Å²) in [6.45, 7) is 1.87. The summed E-state index contributed by atoms with van der Waals surface area (Å²) >= 11 is 0. The van der Waals surface area contributed by atoms with E-state index in [2.05, 4.69) is 0 Å². The molecule has 2 heterocycles. The van der Waals surface area contributed by atoms with Crippen LogP contribution in [0.15, 0.2) is 83.7 Å². The first kappa shape index (κ1) is 21.5. The van der Waals surface area contributed by atoms with Crippen LogP contribution in [-0.4, -0.2) is 34.4 Å². The quantitative estimate of drug-likeness (QED) is 0.398. The van der Waals surface area contributed by atoms with Gasteiger partial charge >= 0.3 is 0 Å². The molecular weight excluding hydrogens is 428 g/mol. The van der Waals surface area contributed by atoms with Gasteiger partial charge in [0, 0.05) is 18.1 Å². The fourth-order valence-corrected chi connectivity index (χ4v) is 4.27. The van der Waals surface area contributed by atoms with Crippen LogP contribution in [-0.2, 0) is 11.3 Å². The number of benzene rings is 3. The summed E-state index contributed by atoms with van der Waals surface area (Å²) in [5.41, 5.74) is 3.32. The van der Waals surface area contributed by atoms with Crippen LogP contribution in [0.25, 0.3) is 27.6 Å². The lowest BCUT2D eigenvalue weighted by Gasteiger charge is -2.19. The normalized spacial score (nSPS) is 11.1. The number of likely N-dealkylation sites (N-methyl/N-ethyl adjacent to an activating group) is 1. The lowest BCUT2D eigenvalue weighted by Crippen LogP contribution is -2.33. The van der Waals surface area contributed by atoms with Crippen LogP contribution in [0.1, 0.15) is 5.56 Å². The molecule has 0 saturated heterocycles. The van der Waals surface area contributed by atoms with Crippen LogP contribution in [0.2, 0.25) is 0 Å². The van der Waals surface area contributed by atoms with Crippen molar-refractivity contribution in [2.75, 3.05) is 19.1 Å². The van der Waals surface area contributed by atoms with Crippen molar-refractivity contribution in [1.82, 2.24) is 14.3 Å². The lowest BCUT2D eigenvalue weighted by atomic mass is 10.1. The molecule has 0 spiro atoms. The molecule has 0 aliphatic rings. The zero-order valence-electron chi connectivity index (χ0n) is 19.2. The molecule has 0 aliphatic carbocycles. The SMILES string of the molecule is COc1ccc(N(C)C(=O)Cn2c3nc4ccccc4c(C)c3c(=O)n2-c2ccccc2)cc1. The molecule has 0 aliphatic heterocycles. The number of aromatic nitrogens is 3. The van der Waals surface area contributed by atoms with Crippen molar-refractivity contribution in [3.63, 3.8) is 0 Å². The highest BCUT2D eigenvalue weighted by Gasteiger charge is 2.22. The van der Waals surface area contributed by atoms with E-state index in [9.17, 15) is 9.59 Å². The van der Waals surface area contributed by atoms with E-state index in [-0.39, 0.29) is 18.0 Å². The molecule has 7 heteroatoms. The van der Waals surface area contributed by atoms with Gasteiger partial charge in [0.25, 0.3) is 5.56 Å². The second-order valence-electron chi connectivity index (χ2n) is 8.11. The van der Waals surface area contributed by atoms with Gasteiger partial charge in [-0.25, -0.2) is 9.67 Å². The minimum atomic E-state index is -0.197. The van der Waals surface area contributed by atoms with Gasteiger partial charge in [0.15, 0.2) is 5.65 Å². The van der Waals surface area contributed by atoms with E-state index in [1.165, 1.54) is 0 Å². The molecule has 7 nitrogen and oxygen atoms in total. The van der Waals surface area contributed by atoms with E-state index in [1.807, 2.05) is 73.7 Å². The minimum absolute atomic E-state index is 0.0546. The number of ether oxygens (including phenoxy) is 1. The zero-order chi connectivity index (χ0) is 23.8. The predicted molar refractivity (Wildman–Crippen MR) is 134 cm³/mol. The van der Waals surface area contributed by atoms with E-state index in [4.69, 9.17) is 9.72 Å². The molecule has 0 bridgehead atoms. The second-order valence-corrected chi connectivity index (χ2v) is 8.11. The summed E-state index contributed by atoms with van der Waals surface area (Å²) in [4.78, 5) is 33.4. The largest absolute Gasteiger partial charge is 0.497 e. The number of amides is 1. The average Bonchev–Trinajstić information content (AvgIpc) is 3.15. The molecule has 0 N–H and O–H groups in total. The smallest absolute Gasteiger partial charge is 0.281 e. The molecule has 0 radical (unpaired) electrons. The van der Waals surface area contributed by atoms with E-state index < -0.39 is 0 Å². The van der Waals surface area contributed by atoms with Crippen LogP contribution >= 0.6 is 0 Å². The van der Waals surface area contributed by atoms with Crippen molar-refractivity contribution >= 4 is 33.5 Å². The number of anilines is 1. The Kier molecular flexibility index (Phi) is 5.37. The van der Waals surface area contributed by atoms with Gasteiger partial charge in [0.1, 0.15) is 12.3 Å².